The molecule has 5 aromatic rings. The molecule has 0 spiro atoms. The lowest BCUT2D eigenvalue weighted by molar-refractivity contribution is 0.273. The Bertz CT molecular complexity index is 1270. The van der Waals surface area contributed by atoms with Gasteiger partial charge in [0, 0.05) is 5.39 Å². The molecular weight excluding hydrogens is 372 g/mol. The summed E-state index contributed by atoms with van der Waals surface area (Å²) in [6.07, 6.45) is 0. The van der Waals surface area contributed by atoms with E-state index in [-0.39, 0.29) is 0 Å². The van der Waals surface area contributed by atoms with E-state index in [9.17, 15) is 0 Å². The van der Waals surface area contributed by atoms with Gasteiger partial charge in [0.05, 0.1) is 17.6 Å². The van der Waals surface area contributed by atoms with Crippen LogP contribution in [-0.2, 0) is 13.2 Å². The molecule has 0 bridgehead atoms. The summed E-state index contributed by atoms with van der Waals surface area (Å²) in [6, 6.07) is 32.4. The third-order valence-electron chi connectivity index (χ3n) is 5.17. The molecule has 0 unspecified atom stereocenters. The van der Waals surface area contributed by atoms with Crippen molar-refractivity contribution >= 4 is 21.8 Å². The fourth-order valence-corrected chi connectivity index (χ4v) is 3.72. The van der Waals surface area contributed by atoms with Crippen LogP contribution in [0.1, 0.15) is 5.82 Å². The van der Waals surface area contributed by atoms with Crippen molar-refractivity contribution in [2.75, 3.05) is 6.61 Å². The number of hydrogen-bond donors (Lipinski definition) is 0. The van der Waals surface area contributed by atoms with Crippen LogP contribution in [0.25, 0.3) is 21.8 Å². The molecule has 148 valence electrons. The average molecular weight is 394 g/mol. The number of para-hydroxylation sites is 3. The summed E-state index contributed by atoms with van der Waals surface area (Å²) >= 11 is 0. The van der Waals surface area contributed by atoms with Crippen molar-refractivity contribution in [3.63, 3.8) is 0 Å². The van der Waals surface area contributed by atoms with E-state index in [0.29, 0.717) is 19.8 Å². The molecule has 0 aliphatic carbocycles. The van der Waals surface area contributed by atoms with Crippen LogP contribution in [0.3, 0.4) is 0 Å². The maximum absolute atomic E-state index is 6.17. The van der Waals surface area contributed by atoms with Crippen molar-refractivity contribution < 1.29 is 9.47 Å². The Morgan fingerprint density at radius 1 is 0.700 bits per heavy atom. The third kappa shape index (κ3) is 3.72. The van der Waals surface area contributed by atoms with Crippen molar-refractivity contribution in [2.24, 2.45) is 0 Å². The van der Waals surface area contributed by atoms with Gasteiger partial charge in [0.15, 0.2) is 0 Å². The maximum atomic E-state index is 6.17. The minimum atomic E-state index is 0.410. The molecule has 0 radical (unpaired) electrons. The standard InChI is InChI=1S/C26H22N2O2/c1-2-11-21(12-3-1)30-19-26-27-23-14-6-7-15-24(23)28(26)17-18-29-25-16-8-10-20-9-4-5-13-22(20)25/h1-16H,17-19H2. The average Bonchev–Trinajstić information content (AvgIpc) is 3.16. The van der Waals surface area contributed by atoms with Gasteiger partial charge in [0.2, 0.25) is 0 Å². The SMILES string of the molecule is c1ccc(OCc2nc3ccccc3n2CCOc2cccc3ccccc23)cc1. The predicted octanol–water partition coefficient (Wildman–Crippen LogP) is 5.85. The summed E-state index contributed by atoms with van der Waals surface area (Å²) in [5.74, 6) is 2.63. The van der Waals surface area contributed by atoms with Gasteiger partial charge < -0.3 is 14.0 Å². The molecule has 0 amide bonds. The van der Waals surface area contributed by atoms with E-state index in [4.69, 9.17) is 14.5 Å². The van der Waals surface area contributed by atoms with Crippen LogP contribution in [-0.4, -0.2) is 16.2 Å². The number of ether oxygens (including phenoxy) is 2. The molecule has 1 aromatic heterocycles. The van der Waals surface area contributed by atoms with Gasteiger partial charge in [-0.2, -0.15) is 0 Å². The van der Waals surface area contributed by atoms with Gasteiger partial charge in [-0.1, -0.05) is 66.7 Å². The number of imidazole rings is 1. The van der Waals surface area contributed by atoms with Gasteiger partial charge in [0.1, 0.15) is 30.5 Å². The Morgan fingerprint density at radius 3 is 2.40 bits per heavy atom. The second-order valence-corrected chi connectivity index (χ2v) is 7.10. The highest BCUT2D eigenvalue weighted by Gasteiger charge is 2.11. The van der Waals surface area contributed by atoms with Crippen molar-refractivity contribution in [2.45, 2.75) is 13.2 Å². The molecule has 30 heavy (non-hydrogen) atoms. The van der Waals surface area contributed by atoms with E-state index in [1.165, 1.54) is 5.39 Å². The highest BCUT2D eigenvalue weighted by molar-refractivity contribution is 5.88. The topological polar surface area (TPSA) is 36.3 Å². The van der Waals surface area contributed by atoms with Crippen LogP contribution in [0, 0.1) is 0 Å². The summed E-state index contributed by atoms with van der Waals surface area (Å²) in [4.78, 5) is 4.79. The lowest BCUT2D eigenvalue weighted by atomic mass is 10.1. The first-order valence-electron chi connectivity index (χ1n) is 10.1. The fraction of sp³-hybridized carbons (Fsp3) is 0.115. The maximum Gasteiger partial charge on any atom is 0.148 e. The summed E-state index contributed by atoms with van der Waals surface area (Å²) < 4.78 is 14.3. The molecule has 5 rings (SSSR count). The lowest BCUT2D eigenvalue weighted by Gasteiger charge is -2.13. The molecule has 4 aromatic carbocycles. The number of rotatable bonds is 7. The number of fused-ring (bicyclic) bond motifs is 2. The molecule has 0 aliphatic rings. The van der Waals surface area contributed by atoms with Crippen LogP contribution in [0.15, 0.2) is 97.1 Å². The summed E-state index contributed by atoms with van der Waals surface area (Å²) in [5.41, 5.74) is 2.06. The zero-order chi connectivity index (χ0) is 20.2. The molecular formula is C26H22N2O2. The lowest BCUT2D eigenvalue weighted by Crippen LogP contribution is -2.13. The highest BCUT2D eigenvalue weighted by Crippen LogP contribution is 2.25. The Hall–Kier alpha value is -3.79. The molecule has 0 fully saturated rings. The fourth-order valence-electron chi connectivity index (χ4n) is 3.72. The van der Waals surface area contributed by atoms with Gasteiger partial charge in [-0.05, 0) is 35.7 Å². The van der Waals surface area contributed by atoms with Crippen LogP contribution in [0.2, 0.25) is 0 Å². The zero-order valence-corrected chi connectivity index (χ0v) is 16.6. The zero-order valence-electron chi connectivity index (χ0n) is 16.6. The highest BCUT2D eigenvalue weighted by atomic mass is 16.5. The largest absolute Gasteiger partial charge is 0.491 e. The molecule has 1 heterocycles. The molecule has 0 N–H and O–H groups in total. The second kappa shape index (κ2) is 8.29. The van der Waals surface area contributed by atoms with E-state index >= 15 is 0 Å². The Labute approximate surface area is 175 Å². The predicted molar refractivity (Wildman–Crippen MR) is 120 cm³/mol. The van der Waals surface area contributed by atoms with Gasteiger partial charge in [-0.15, -0.1) is 0 Å². The molecule has 4 heteroatoms. The van der Waals surface area contributed by atoms with E-state index in [1.54, 1.807) is 0 Å². The monoisotopic (exact) mass is 394 g/mol. The van der Waals surface area contributed by atoms with Crippen molar-refractivity contribution in [3.8, 4) is 11.5 Å². The van der Waals surface area contributed by atoms with Crippen LogP contribution >= 0.6 is 0 Å². The van der Waals surface area contributed by atoms with Gasteiger partial charge in [-0.3, -0.25) is 0 Å². The van der Waals surface area contributed by atoms with Gasteiger partial charge in [0.25, 0.3) is 0 Å². The first-order chi connectivity index (χ1) is 14.9. The quantitative estimate of drug-likeness (QED) is 0.347. The van der Waals surface area contributed by atoms with E-state index < -0.39 is 0 Å². The van der Waals surface area contributed by atoms with Crippen LogP contribution in [0.5, 0.6) is 11.5 Å². The molecule has 4 nitrogen and oxygen atoms in total. The third-order valence-corrected chi connectivity index (χ3v) is 5.17. The Kier molecular flexibility index (Phi) is 5.05. The number of nitrogens with zero attached hydrogens (tertiary/aromatic N) is 2. The number of hydrogen-bond acceptors (Lipinski definition) is 3. The van der Waals surface area contributed by atoms with Crippen molar-refractivity contribution in [1.82, 2.24) is 9.55 Å². The molecule has 0 saturated heterocycles. The van der Waals surface area contributed by atoms with Crippen LogP contribution in [0.4, 0.5) is 0 Å². The number of aromatic nitrogens is 2. The minimum Gasteiger partial charge on any atom is -0.491 e. The minimum absolute atomic E-state index is 0.410. The molecule has 0 aliphatic heterocycles. The smallest absolute Gasteiger partial charge is 0.148 e. The first-order valence-corrected chi connectivity index (χ1v) is 10.1. The van der Waals surface area contributed by atoms with Crippen molar-refractivity contribution in [1.29, 1.82) is 0 Å². The summed E-state index contributed by atoms with van der Waals surface area (Å²) in [5, 5.41) is 2.31. The molecule has 0 atom stereocenters. The first kappa shape index (κ1) is 18.3. The van der Waals surface area contributed by atoms with Crippen LogP contribution < -0.4 is 9.47 Å². The Morgan fingerprint density at radius 2 is 1.47 bits per heavy atom. The number of benzene rings is 4. The van der Waals surface area contributed by atoms with Crippen molar-refractivity contribution in [3.05, 3.63) is 103 Å². The van der Waals surface area contributed by atoms with E-state index in [2.05, 4.69) is 28.8 Å². The van der Waals surface area contributed by atoms with Gasteiger partial charge in [-0.25, -0.2) is 4.98 Å². The van der Waals surface area contributed by atoms with E-state index in [0.717, 1.165) is 33.7 Å². The molecule has 0 saturated carbocycles. The summed E-state index contributed by atoms with van der Waals surface area (Å²) in [7, 11) is 0. The Balaban J connectivity index is 1.36. The van der Waals surface area contributed by atoms with Gasteiger partial charge >= 0.3 is 0 Å². The normalized spacial score (nSPS) is 11.1. The van der Waals surface area contributed by atoms with E-state index in [1.807, 2.05) is 72.8 Å². The second-order valence-electron chi connectivity index (χ2n) is 7.10. The summed E-state index contributed by atoms with van der Waals surface area (Å²) in [6.45, 7) is 1.65.